The number of methoxy groups -OCH3 is 2. The van der Waals surface area contributed by atoms with Crippen molar-refractivity contribution in [3.63, 3.8) is 0 Å². The molecule has 0 aliphatic carbocycles. The van der Waals surface area contributed by atoms with Gasteiger partial charge in [0, 0.05) is 17.7 Å². The normalized spacial score (nSPS) is 11.4. The maximum atomic E-state index is 12.8. The number of benzene rings is 4. The number of hydrogen-bond acceptors (Lipinski definition) is 4. The highest BCUT2D eigenvalue weighted by molar-refractivity contribution is 5.96. The van der Waals surface area contributed by atoms with Crippen LogP contribution < -0.4 is 20.1 Å². The van der Waals surface area contributed by atoms with E-state index >= 15 is 0 Å². The summed E-state index contributed by atoms with van der Waals surface area (Å²) in [5.74, 6) is 0.781. The lowest BCUT2D eigenvalue weighted by Crippen LogP contribution is -2.26. The Bertz CT molecular complexity index is 1400. The zero-order chi connectivity index (χ0) is 27.1. The second-order valence-electron chi connectivity index (χ2n) is 9.08. The zero-order valence-electron chi connectivity index (χ0n) is 22.1. The number of carbonyl (C=O) groups is 2. The molecule has 6 nitrogen and oxygen atoms in total. The van der Waals surface area contributed by atoms with Crippen molar-refractivity contribution in [2.45, 2.75) is 26.4 Å². The largest absolute Gasteiger partial charge is 0.493 e. The highest BCUT2D eigenvalue weighted by Gasteiger charge is 2.15. The van der Waals surface area contributed by atoms with Crippen LogP contribution in [0, 0.1) is 6.92 Å². The highest BCUT2D eigenvalue weighted by Crippen LogP contribution is 2.30. The summed E-state index contributed by atoms with van der Waals surface area (Å²) < 4.78 is 10.6. The molecule has 0 spiro atoms. The van der Waals surface area contributed by atoms with E-state index < -0.39 is 0 Å². The van der Waals surface area contributed by atoms with E-state index in [9.17, 15) is 9.59 Å². The molecule has 1 atom stereocenters. The third kappa shape index (κ3) is 6.21. The molecule has 0 aliphatic rings. The topological polar surface area (TPSA) is 76.7 Å². The lowest BCUT2D eigenvalue weighted by Gasteiger charge is -2.16. The Labute approximate surface area is 223 Å². The minimum atomic E-state index is -0.188. The number of ether oxygens (including phenoxy) is 2. The molecule has 194 valence electrons. The monoisotopic (exact) mass is 508 g/mol. The summed E-state index contributed by atoms with van der Waals surface area (Å²) in [6, 6.07) is 28.8. The molecule has 0 heterocycles. The van der Waals surface area contributed by atoms with E-state index in [2.05, 4.69) is 10.6 Å². The van der Waals surface area contributed by atoms with Crippen LogP contribution in [0.2, 0.25) is 0 Å². The number of aryl methyl sites for hydroxylation is 1. The zero-order valence-corrected chi connectivity index (χ0v) is 22.1. The first-order chi connectivity index (χ1) is 18.4. The molecule has 4 aromatic carbocycles. The van der Waals surface area contributed by atoms with Gasteiger partial charge >= 0.3 is 0 Å². The molecule has 2 N–H and O–H groups in total. The molecule has 0 aromatic heterocycles. The lowest BCUT2D eigenvalue weighted by molar-refractivity contribution is 0.0935. The first-order valence-electron chi connectivity index (χ1n) is 12.5. The first-order valence-corrected chi connectivity index (χ1v) is 12.5. The van der Waals surface area contributed by atoms with Gasteiger partial charge < -0.3 is 20.1 Å². The van der Waals surface area contributed by atoms with Gasteiger partial charge in [0.25, 0.3) is 11.8 Å². The van der Waals surface area contributed by atoms with Crippen molar-refractivity contribution in [3.05, 3.63) is 119 Å². The van der Waals surface area contributed by atoms with Gasteiger partial charge in [-0.3, -0.25) is 9.59 Å². The third-order valence-corrected chi connectivity index (χ3v) is 6.51. The predicted molar refractivity (Wildman–Crippen MR) is 150 cm³/mol. The summed E-state index contributed by atoms with van der Waals surface area (Å²) >= 11 is 0. The number of carbonyl (C=O) groups excluding carboxylic acids is 2. The summed E-state index contributed by atoms with van der Waals surface area (Å²) in [5.41, 5.74) is 6.06. The van der Waals surface area contributed by atoms with Gasteiger partial charge in [-0.25, -0.2) is 0 Å². The van der Waals surface area contributed by atoms with Gasteiger partial charge in [0.15, 0.2) is 11.5 Å². The van der Waals surface area contributed by atoms with Crippen molar-refractivity contribution in [3.8, 4) is 22.6 Å². The molecule has 2 amide bonds. The van der Waals surface area contributed by atoms with Crippen molar-refractivity contribution in [2.75, 3.05) is 14.2 Å². The summed E-state index contributed by atoms with van der Waals surface area (Å²) in [7, 11) is 3.11. The Morgan fingerprint density at radius 3 is 2.00 bits per heavy atom. The Kier molecular flexibility index (Phi) is 8.44. The fourth-order valence-corrected chi connectivity index (χ4v) is 4.23. The van der Waals surface area contributed by atoms with E-state index in [-0.39, 0.29) is 17.9 Å². The van der Waals surface area contributed by atoms with Crippen LogP contribution in [-0.4, -0.2) is 26.0 Å². The minimum Gasteiger partial charge on any atom is -0.493 e. The maximum absolute atomic E-state index is 12.8. The molecule has 0 saturated heterocycles. The average Bonchev–Trinajstić information content (AvgIpc) is 2.96. The standard InChI is InChI=1S/C32H32N2O4/c1-21-18-29(37-3)30(38-4)19-28(21)32(36)33-20-23-10-12-24(13-11-23)22(2)34-31(35)27-16-14-26(15-17-27)25-8-6-5-7-9-25/h5-19,22H,20H2,1-4H3,(H,33,36)(H,34,35). The Balaban J connectivity index is 1.33. The van der Waals surface area contributed by atoms with Crippen LogP contribution in [0.25, 0.3) is 11.1 Å². The molecule has 1 unspecified atom stereocenters. The van der Waals surface area contributed by atoms with Gasteiger partial charge in [-0.1, -0.05) is 66.7 Å². The Morgan fingerprint density at radius 1 is 0.763 bits per heavy atom. The molecular formula is C32H32N2O4. The van der Waals surface area contributed by atoms with E-state index in [1.165, 1.54) is 0 Å². The van der Waals surface area contributed by atoms with Crippen molar-refractivity contribution >= 4 is 11.8 Å². The average molecular weight is 509 g/mol. The van der Waals surface area contributed by atoms with Crippen LogP contribution in [0.15, 0.2) is 91.0 Å². The maximum Gasteiger partial charge on any atom is 0.251 e. The summed E-state index contributed by atoms with van der Waals surface area (Å²) in [5, 5.41) is 6.02. The Morgan fingerprint density at radius 2 is 1.37 bits per heavy atom. The fraction of sp³-hybridized carbons (Fsp3) is 0.188. The minimum absolute atomic E-state index is 0.126. The molecule has 0 fully saturated rings. The fourth-order valence-electron chi connectivity index (χ4n) is 4.23. The number of hydrogen-bond donors (Lipinski definition) is 2. The first kappa shape index (κ1) is 26.5. The molecule has 6 heteroatoms. The molecule has 0 radical (unpaired) electrons. The van der Waals surface area contributed by atoms with Gasteiger partial charge in [0.2, 0.25) is 0 Å². The van der Waals surface area contributed by atoms with Gasteiger partial charge in [-0.15, -0.1) is 0 Å². The van der Waals surface area contributed by atoms with Gasteiger partial charge in [0.05, 0.1) is 20.3 Å². The molecule has 0 aliphatic heterocycles. The summed E-state index contributed by atoms with van der Waals surface area (Å²) in [4.78, 5) is 25.6. The lowest BCUT2D eigenvalue weighted by atomic mass is 10.0. The smallest absolute Gasteiger partial charge is 0.251 e. The van der Waals surface area contributed by atoms with Crippen LogP contribution in [0.1, 0.15) is 50.4 Å². The van der Waals surface area contributed by atoms with Crippen molar-refractivity contribution in [1.29, 1.82) is 0 Å². The molecule has 0 bridgehead atoms. The van der Waals surface area contributed by atoms with Crippen LogP contribution in [0.4, 0.5) is 0 Å². The second-order valence-corrected chi connectivity index (χ2v) is 9.08. The van der Waals surface area contributed by atoms with Crippen molar-refractivity contribution < 1.29 is 19.1 Å². The van der Waals surface area contributed by atoms with Gasteiger partial charge in [0.1, 0.15) is 0 Å². The number of amides is 2. The van der Waals surface area contributed by atoms with Gasteiger partial charge in [-0.2, -0.15) is 0 Å². The molecule has 0 saturated carbocycles. The van der Waals surface area contributed by atoms with Gasteiger partial charge in [-0.05, 0) is 65.9 Å². The Hall–Kier alpha value is -4.58. The molecular weight excluding hydrogens is 476 g/mol. The quantitative estimate of drug-likeness (QED) is 0.286. The second kappa shape index (κ2) is 12.1. The summed E-state index contributed by atoms with van der Waals surface area (Å²) in [6.07, 6.45) is 0. The summed E-state index contributed by atoms with van der Waals surface area (Å²) in [6.45, 7) is 4.19. The van der Waals surface area contributed by atoms with E-state index in [1.807, 2.05) is 92.7 Å². The van der Waals surface area contributed by atoms with E-state index in [4.69, 9.17) is 9.47 Å². The van der Waals surface area contributed by atoms with Crippen molar-refractivity contribution in [1.82, 2.24) is 10.6 Å². The molecule has 38 heavy (non-hydrogen) atoms. The molecule has 4 aromatic rings. The van der Waals surface area contributed by atoms with Crippen LogP contribution in [-0.2, 0) is 6.54 Å². The number of nitrogens with one attached hydrogen (secondary N) is 2. The third-order valence-electron chi connectivity index (χ3n) is 6.51. The van der Waals surface area contributed by atoms with Crippen molar-refractivity contribution in [2.24, 2.45) is 0 Å². The van der Waals surface area contributed by atoms with Crippen LogP contribution in [0.3, 0.4) is 0 Å². The van der Waals surface area contributed by atoms with Crippen LogP contribution >= 0.6 is 0 Å². The van der Waals surface area contributed by atoms with E-state index in [1.54, 1.807) is 26.4 Å². The SMILES string of the molecule is COc1cc(C)c(C(=O)NCc2ccc(C(C)NC(=O)c3ccc(-c4ccccc4)cc3)cc2)cc1OC. The predicted octanol–water partition coefficient (Wildman–Crippen LogP) is 6.10. The van der Waals surface area contributed by atoms with Crippen LogP contribution in [0.5, 0.6) is 11.5 Å². The molecule has 4 rings (SSSR count). The highest BCUT2D eigenvalue weighted by atomic mass is 16.5. The number of rotatable bonds is 9. The van der Waals surface area contributed by atoms with E-state index in [0.717, 1.165) is 27.8 Å². The van der Waals surface area contributed by atoms with E-state index in [0.29, 0.717) is 29.2 Å².